The summed E-state index contributed by atoms with van der Waals surface area (Å²) in [6.45, 7) is 12.6. The average Bonchev–Trinajstić information content (AvgIpc) is 2.06. The molecule has 0 amide bonds. The van der Waals surface area contributed by atoms with Crippen molar-refractivity contribution in [3.8, 4) is 0 Å². The molecule has 0 saturated heterocycles. The zero-order valence-electron chi connectivity index (χ0n) is 15.2. The molecule has 0 aromatic heterocycles. The van der Waals surface area contributed by atoms with Crippen molar-refractivity contribution in [1.29, 1.82) is 0 Å². The molecule has 4 heteroatoms. The molecule has 0 aliphatic rings. The van der Waals surface area contributed by atoms with Crippen molar-refractivity contribution < 1.29 is 4.43 Å². The first kappa shape index (κ1) is 20.5. The molecule has 114 valence electrons. The molecule has 0 N–H and O–H groups in total. The quantitative estimate of drug-likeness (QED) is 0.443. The van der Waals surface area contributed by atoms with E-state index in [4.69, 9.17) is 4.43 Å². The molecule has 0 aromatic carbocycles. The third-order valence-corrected chi connectivity index (χ3v) is 20.6. The van der Waals surface area contributed by atoms with Gasteiger partial charge in [-0.1, -0.05) is 0 Å². The summed E-state index contributed by atoms with van der Waals surface area (Å²) < 4.78 is 10.9. The molecule has 0 atom stereocenters. The maximum absolute atomic E-state index is 6.49. The van der Waals surface area contributed by atoms with Gasteiger partial charge in [0.15, 0.2) is 0 Å². The normalized spacial score (nSPS) is 15.8. The molecule has 0 rings (SSSR count). The van der Waals surface area contributed by atoms with Crippen molar-refractivity contribution in [2.75, 3.05) is 6.61 Å². The van der Waals surface area contributed by atoms with Gasteiger partial charge in [0.1, 0.15) is 0 Å². The van der Waals surface area contributed by atoms with Crippen molar-refractivity contribution in [3.63, 3.8) is 0 Å². The minimum atomic E-state index is -2.00. The monoisotopic (exact) mass is 500 g/mol. The molecule has 19 heavy (non-hydrogen) atoms. The van der Waals surface area contributed by atoms with Crippen LogP contribution >= 0.6 is 0 Å². The van der Waals surface area contributed by atoms with E-state index in [0.29, 0.717) is 5.04 Å². The molecule has 1 nitrogen and oxygen atoms in total. The molecule has 0 heterocycles. The fourth-order valence-electron chi connectivity index (χ4n) is 1.47. The van der Waals surface area contributed by atoms with Crippen molar-refractivity contribution in [2.45, 2.75) is 68.5 Å². The molecule has 0 aliphatic carbocycles. The molecular formula is C15H36OSiSn2. The first-order valence-electron chi connectivity index (χ1n) is 7.42. The SMILES string of the molecule is CC(C)(C)[Si](C)(C)OC/[C](=[CH]/[Sn]([CH3])([CH3])[CH3])[Sn]([CH3])([CH3])[CH3]. The summed E-state index contributed by atoms with van der Waals surface area (Å²) in [7, 11) is -1.61. The Morgan fingerprint density at radius 1 is 1.00 bits per heavy atom. The van der Waals surface area contributed by atoms with Crippen LogP contribution in [0.5, 0.6) is 0 Å². The fraction of sp³-hybridized carbons (Fsp3) is 0.867. The van der Waals surface area contributed by atoms with Crippen molar-refractivity contribution >= 4 is 45.1 Å². The van der Waals surface area contributed by atoms with E-state index in [0.717, 1.165) is 6.61 Å². The Kier molecular flexibility index (Phi) is 7.27. The van der Waals surface area contributed by atoms with Crippen LogP contribution in [0.1, 0.15) is 20.8 Å². The van der Waals surface area contributed by atoms with Crippen LogP contribution in [-0.4, -0.2) is 51.7 Å². The van der Waals surface area contributed by atoms with Gasteiger partial charge >= 0.3 is 132 Å². The Hall–Kier alpha value is 1.51. The van der Waals surface area contributed by atoms with E-state index >= 15 is 0 Å². The van der Waals surface area contributed by atoms with Gasteiger partial charge in [-0.2, -0.15) is 0 Å². The Bertz CT molecular complexity index is 328. The van der Waals surface area contributed by atoms with Gasteiger partial charge in [-0.15, -0.1) is 0 Å². The number of hydrogen-bond acceptors (Lipinski definition) is 1. The van der Waals surface area contributed by atoms with Gasteiger partial charge in [-0.3, -0.25) is 0 Å². The minimum absolute atomic E-state index is 0.316. The fourth-order valence-corrected chi connectivity index (χ4v) is 25.3. The van der Waals surface area contributed by atoms with Crippen molar-refractivity contribution in [2.24, 2.45) is 0 Å². The van der Waals surface area contributed by atoms with E-state index in [1.807, 2.05) is 0 Å². The van der Waals surface area contributed by atoms with Crippen molar-refractivity contribution in [3.05, 3.63) is 7.68 Å². The Balaban J connectivity index is 5.06. The summed E-state index contributed by atoms with van der Waals surface area (Å²) in [5.41, 5.74) is 0. The van der Waals surface area contributed by atoms with Gasteiger partial charge in [0, 0.05) is 0 Å². The second-order valence-electron chi connectivity index (χ2n) is 9.33. The molecule has 0 unspecified atom stereocenters. The predicted octanol–water partition coefficient (Wildman–Crippen LogP) is 5.69. The summed E-state index contributed by atoms with van der Waals surface area (Å²) >= 11 is -3.87. The Morgan fingerprint density at radius 2 is 1.42 bits per heavy atom. The summed E-state index contributed by atoms with van der Waals surface area (Å²) in [5.74, 6) is 0. The van der Waals surface area contributed by atoms with Gasteiger partial charge < -0.3 is 0 Å². The summed E-state index contributed by atoms with van der Waals surface area (Å²) in [6, 6.07) is 0. The number of rotatable bonds is 5. The van der Waals surface area contributed by atoms with Crippen LogP contribution in [-0.2, 0) is 4.43 Å². The molecule has 0 fully saturated rings. The van der Waals surface area contributed by atoms with Gasteiger partial charge in [0.05, 0.1) is 0 Å². The van der Waals surface area contributed by atoms with Crippen LogP contribution in [0.3, 0.4) is 0 Å². The van der Waals surface area contributed by atoms with Crippen LogP contribution in [0.2, 0.25) is 47.8 Å². The van der Waals surface area contributed by atoms with Crippen LogP contribution < -0.4 is 0 Å². The topological polar surface area (TPSA) is 9.23 Å². The van der Waals surface area contributed by atoms with Crippen LogP contribution in [0, 0.1) is 0 Å². The second-order valence-corrected chi connectivity index (χ2v) is 43.1. The Labute approximate surface area is 131 Å². The molecule has 0 radical (unpaired) electrons. The van der Waals surface area contributed by atoms with Crippen molar-refractivity contribution in [1.82, 2.24) is 0 Å². The zero-order chi connectivity index (χ0) is 15.7. The first-order chi connectivity index (χ1) is 8.06. The van der Waals surface area contributed by atoms with E-state index in [9.17, 15) is 0 Å². The van der Waals surface area contributed by atoms with Crippen LogP contribution in [0.15, 0.2) is 7.68 Å². The predicted molar refractivity (Wildman–Crippen MR) is 97.9 cm³/mol. The summed E-state index contributed by atoms with van der Waals surface area (Å²) in [5, 5.41) is 0.316. The molecule has 0 bridgehead atoms. The van der Waals surface area contributed by atoms with E-state index in [1.54, 1.807) is 3.59 Å². The zero-order valence-corrected chi connectivity index (χ0v) is 21.9. The van der Waals surface area contributed by atoms with Gasteiger partial charge in [-0.25, -0.2) is 0 Å². The average molecular weight is 498 g/mol. The Morgan fingerprint density at radius 3 is 1.68 bits per heavy atom. The molecular weight excluding hydrogens is 462 g/mol. The maximum atomic E-state index is 6.49. The van der Waals surface area contributed by atoms with Crippen LogP contribution in [0.4, 0.5) is 0 Å². The van der Waals surface area contributed by atoms with Gasteiger partial charge in [0.25, 0.3) is 0 Å². The van der Waals surface area contributed by atoms with Crippen LogP contribution in [0.25, 0.3) is 0 Å². The van der Waals surface area contributed by atoms with Gasteiger partial charge in [0.2, 0.25) is 0 Å². The third kappa shape index (κ3) is 7.91. The van der Waals surface area contributed by atoms with E-state index in [-0.39, 0.29) is 0 Å². The molecule has 0 saturated carbocycles. The van der Waals surface area contributed by atoms with E-state index in [1.165, 1.54) is 0 Å². The third-order valence-electron chi connectivity index (χ3n) is 3.97. The second kappa shape index (κ2) is 6.74. The molecule has 0 aliphatic heterocycles. The van der Waals surface area contributed by atoms with E-state index in [2.05, 4.69) is 67.6 Å². The molecule has 0 aromatic rings. The standard InChI is InChI=1S/C9H18OSi.6CH3.2Sn/c1-7-8-10-11(5,6)9(2,3)4;;;;;;;;/h1H,8H2,2-6H3;6*1H3;;. The van der Waals surface area contributed by atoms with E-state index < -0.39 is 45.1 Å². The number of hydrogen-bond donors (Lipinski definition) is 0. The summed E-state index contributed by atoms with van der Waals surface area (Å²) in [6.07, 6.45) is 0. The summed E-state index contributed by atoms with van der Waals surface area (Å²) in [4.78, 5) is 15.1. The first-order valence-corrected chi connectivity index (χ1v) is 30.5. The molecule has 0 spiro atoms. The van der Waals surface area contributed by atoms with Gasteiger partial charge in [-0.05, 0) is 0 Å².